The second kappa shape index (κ2) is 7.05. The van der Waals surface area contributed by atoms with Gasteiger partial charge in [-0.2, -0.15) is 0 Å². The van der Waals surface area contributed by atoms with Crippen molar-refractivity contribution in [2.24, 2.45) is 24.6 Å². The number of likely N-dealkylation sites (tertiary alicyclic amines) is 1. The highest BCUT2D eigenvalue weighted by Gasteiger charge is 2.53. The average molecular weight is 369 g/mol. The minimum atomic E-state index is -0.498. The van der Waals surface area contributed by atoms with Gasteiger partial charge < -0.3 is 15.0 Å². The van der Waals surface area contributed by atoms with Gasteiger partial charge in [-0.3, -0.25) is 14.7 Å². The molecule has 2 fully saturated rings. The normalized spacial score (nSPS) is 28.2. The molecule has 0 spiro atoms. The van der Waals surface area contributed by atoms with Gasteiger partial charge in [0.15, 0.2) is 0 Å². The monoisotopic (exact) mass is 369 g/mol. The van der Waals surface area contributed by atoms with E-state index in [-0.39, 0.29) is 5.60 Å². The SMILES string of the molecule is COC1(c2ccnc(C(N)=O)c2)C2CCCC1CN(Cc1cncn1C)C2. The van der Waals surface area contributed by atoms with Crippen LogP contribution < -0.4 is 5.73 Å². The Kier molecular flexibility index (Phi) is 4.74. The van der Waals surface area contributed by atoms with Gasteiger partial charge in [-0.15, -0.1) is 0 Å². The maximum absolute atomic E-state index is 11.6. The molecule has 2 atom stereocenters. The Morgan fingerprint density at radius 3 is 2.70 bits per heavy atom. The fourth-order valence-electron chi connectivity index (χ4n) is 5.15. The van der Waals surface area contributed by atoms with Gasteiger partial charge in [-0.1, -0.05) is 6.42 Å². The number of nitrogens with zero attached hydrogens (tertiary/aromatic N) is 4. The second-order valence-corrected chi connectivity index (χ2v) is 7.81. The third-order valence-electron chi connectivity index (χ3n) is 6.38. The van der Waals surface area contributed by atoms with Crippen LogP contribution in [0.1, 0.15) is 41.0 Å². The van der Waals surface area contributed by atoms with E-state index in [1.807, 2.05) is 31.7 Å². The van der Waals surface area contributed by atoms with Crippen molar-refractivity contribution < 1.29 is 9.53 Å². The molecule has 2 N–H and O–H groups in total. The molecule has 0 aromatic carbocycles. The Bertz CT molecular complexity index is 819. The first-order chi connectivity index (χ1) is 13.0. The fourth-order valence-corrected chi connectivity index (χ4v) is 5.15. The number of rotatable bonds is 5. The number of pyridine rings is 1. The summed E-state index contributed by atoms with van der Waals surface area (Å²) in [4.78, 5) is 22.5. The van der Waals surface area contributed by atoms with Crippen molar-refractivity contribution in [3.05, 3.63) is 47.8 Å². The number of aryl methyl sites for hydroxylation is 1. The smallest absolute Gasteiger partial charge is 0.267 e. The number of amides is 1. The number of methoxy groups -OCH3 is 1. The van der Waals surface area contributed by atoms with E-state index >= 15 is 0 Å². The zero-order valence-electron chi connectivity index (χ0n) is 16.0. The fraction of sp³-hybridized carbons (Fsp3) is 0.550. The zero-order valence-corrected chi connectivity index (χ0v) is 16.0. The Morgan fingerprint density at radius 1 is 1.37 bits per heavy atom. The lowest BCUT2D eigenvalue weighted by molar-refractivity contribution is -0.170. The van der Waals surface area contributed by atoms with E-state index in [1.54, 1.807) is 13.3 Å². The number of piperidine rings is 1. The Morgan fingerprint density at radius 2 is 2.11 bits per heavy atom. The first-order valence-electron chi connectivity index (χ1n) is 9.53. The molecule has 2 aromatic rings. The zero-order chi connectivity index (χ0) is 19.0. The lowest BCUT2D eigenvalue weighted by atomic mass is 9.62. The molecule has 2 aromatic heterocycles. The Balaban J connectivity index is 1.65. The maximum atomic E-state index is 11.6. The minimum Gasteiger partial charge on any atom is -0.373 e. The minimum absolute atomic E-state index is 0.305. The van der Waals surface area contributed by atoms with Crippen molar-refractivity contribution in [3.63, 3.8) is 0 Å². The molecule has 0 radical (unpaired) electrons. The number of aromatic nitrogens is 3. The van der Waals surface area contributed by atoms with Crippen LogP contribution in [0.2, 0.25) is 0 Å². The average Bonchev–Trinajstić information content (AvgIpc) is 3.05. The van der Waals surface area contributed by atoms with Crippen LogP contribution >= 0.6 is 0 Å². The van der Waals surface area contributed by atoms with Gasteiger partial charge in [0.05, 0.1) is 12.0 Å². The van der Waals surface area contributed by atoms with Gasteiger partial charge in [0.25, 0.3) is 5.91 Å². The van der Waals surface area contributed by atoms with Crippen LogP contribution in [0.5, 0.6) is 0 Å². The molecule has 144 valence electrons. The van der Waals surface area contributed by atoms with Gasteiger partial charge in [0.1, 0.15) is 11.3 Å². The lowest BCUT2D eigenvalue weighted by Gasteiger charge is -2.55. The molecule has 2 unspecified atom stereocenters. The van der Waals surface area contributed by atoms with Gasteiger partial charge in [0.2, 0.25) is 0 Å². The number of nitrogens with two attached hydrogens (primary N) is 1. The number of fused-ring (bicyclic) bond motifs is 2. The first-order valence-corrected chi connectivity index (χ1v) is 9.53. The molecule has 1 aliphatic carbocycles. The highest BCUT2D eigenvalue weighted by Crippen LogP contribution is 2.51. The van der Waals surface area contributed by atoms with Crippen molar-refractivity contribution in [2.75, 3.05) is 20.2 Å². The first kappa shape index (κ1) is 18.1. The van der Waals surface area contributed by atoms with Crippen LogP contribution in [0.25, 0.3) is 0 Å². The van der Waals surface area contributed by atoms with Gasteiger partial charge in [-0.05, 0) is 30.5 Å². The molecule has 27 heavy (non-hydrogen) atoms. The van der Waals surface area contributed by atoms with E-state index < -0.39 is 5.91 Å². The summed E-state index contributed by atoms with van der Waals surface area (Å²) in [7, 11) is 3.83. The van der Waals surface area contributed by atoms with E-state index in [1.165, 1.54) is 12.1 Å². The molecule has 3 heterocycles. The number of hydrogen-bond donors (Lipinski definition) is 1. The van der Waals surface area contributed by atoms with E-state index in [0.29, 0.717) is 17.5 Å². The van der Waals surface area contributed by atoms with Gasteiger partial charge in [0, 0.05) is 58.0 Å². The highest BCUT2D eigenvalue weighted by atomic mass is 16.5. The third kappa shape index (κ3) is 3.04. The summed E-state index contributed by atoms with van der Waals surface area (Å²) in [6.07, 6.45) is 8.90. The van der Waals surface area contributed by atoms with Crippen molar-refractivity contribution in [3.8, 4) is 0 Å². The van der Waals surface area contributed by atoms with Gasteiger partial charge in [-0.25, -0.2) is 4.98 Å². The molecule has 1 saturated heterocycles. The summed E-state index contributed by atoms with van der Waals surface area (Å²) >= 11 is 0. The topological polar surface area (TPSA) is 86.3 Å². The molecule has 1 amide bonds. The maximum Gasteiger partial charge on any atom is 0.267 e. The molecular weight excluding hydrogens is 342 g/mol. The molecule has 1 aliphatic heterocycles. The van der Waals surface area contributed by atoms with Crippen LogP contribution in [-0.4, -0.2) is 45.5 Å². The summed E-state index contributed by atoms with van der Waals surface area (Å²) in [5.41, 5.74) is 7.64. The van der Waals surface area contributed by atoms with Crippen molar-refractivity contribution >= 4 is 5.91 Å². The predicted molar refractivity (Wildman–Crippen MR) is 101 cm³/mol. The number of imidazole rings is 1. The van der Waals surface area contributed by atoms with Crippen molar-refractivity contribution in [2.45, 2.75) is 31.4 Å². The molecule has 1 saturated carbocycles. The number of carbonyl (C=O) groups is 1. The Labute approximate surface area is 159 Å². The molecule has 7 heteroatoms. The summed E-state index contributed by atoms with van der Waals surface area (Å²) < 4.78 is 8.33. The van der Waals surface area contributed by atoms with Crippen LogP contribution in [0.15, 0.2) is 30.9 Å². The molecule has 2 aliphatic rings. The summed E-state index contributed by atoms with van der Waals surface area (Å²) in [6.45, 7) is 2.82. The molecule has 4 rings (SSSR count). The van der Waals surface area contributed by atoms with Crippen LogP contribution in [-0.2, 0) is 23.9 Å². The summed E-state index contributed by atoms with van der Waals surface area (Å²) in [6, 6.07) is 3.81. The van der Waals surface area contributed by atoms with E-state index in [0.717, 1.165) is 38.0 Å². The number of hydrogen-bond acceptors (Lipinski definition) is 5. The van der Waals surface area contributed by atoms with E-state index in [9.17, 15) is 4.79 Å². The quantitative estimate of drug-likeness (QED) is 0.867. The largest absolute Gasteiger partial charge is 0.373 e. The van der Waals surface area contributed by atoms with Gasteiger partial charge >= 0.3 is 0 Å². The summed E-state index contributed by atoms with van der Waals surface area (Å²) in [5.74, 6) is 0.236. The van der Waals surface area contributed by atoms with E-state index in [2.05, 4.69) is 19.4 Å². The van der Waals surface area contributed by atoms with E-state index in [4.69, 9.17) is 10.5 Å². The molecular formula is C20H27N5O2. The summed E-state index contributed by atoms with van der Waals surface area (Å²) in [5, 5.41) is 0. The molecule has 7 nitrogen and oxygen atoms in total. The number of primary amides is 1. The standard InChI is InChI=1S/C20H27N5O2/c1-24-13-22-9-17(24)12-25-10-15-4-3-5-16(11-25)20(15,27-2)14-6-7-23-18(8-14)19(21)26/h6-9,13,15-16H,3-5,10-12H2,1-2H3,(H2,21,26). The van der Waals surface area contributed by atoms with Crippen LogP contribution in [0.4, 0.5) is 0 Å². The van der Waals surface area contributed by atoms with Crippen molar-refractivity contribution in [1.29, 1.82) is 0 Å². The highest BCUT2D eigenvalue weighted by molar-refractivity contribution is 5.90. The lowest BCUT2D eigenvalue weighted by Crippen LogP contribution is -2.58. The van der Waals surface area contributed by atoms with Crippen molar-refractivity contribution in [1.82, 2.24) is 19.4 Å². The third-order valence-corrected chi connectivity index (χ3v) is 6.38. The predicted octanol–water partition coefficient (Wildman–Crippen LogP) is 1.69. The molecule has 2 bridgehead atoms. The second-order valence-electron chi connectivity index (χ2n) is 7.81. The van der Waals surface area contributed by atoms with Crippen LogP contribution in [0.3, 0.4) is 0 Å². The number of carbonyl (C=O) groups excluding carboxylic acids is 1. The number of ether oxygens (including phenoxy) is 1. The Hall–Kier alpha value is -2.25. The van der Waals surface area contributed by atoms with Crippen LogP contribution in [0, 0.1) is 11.8 Å².